The van der Waals surface area contributed by atoms with Crippen molar-refractivity contribution in [2.24, 2.45) is 0 Å². The summed E-state index contributed by atoms with van der Waals surface area (Å²) >= 11 is 2.86. The minimum absolute atomic E-state index is 0.0959. The number of ether oxygens (including phenoxy) is 1. The van der Waals surface area contributed by atoms with Crippen LogP contribution in [0.3, 0.4) is 0 Å². The van der Waals surface area contributed by atoms with E-state index in [1.165, 1.54) is 35.9 Å². The van der Waals surface area contributed by atoms with E-state index < -0.39 is 0 Å². The third-order valence-electron chi connectivity index (χ3n) is 3.02. The smallest absolute Gasteiger partial charge is 0.234 e. The normalized spacial score (nSPS) is 13.7. The zero-order valence-electron chi connectivity index (χ0n) is 12.0. The molecule has 0 bridgehead atoms. The molecule has 0 saturated heterocycles. The molecular formula is C14H16N4O2S2. The summed E-state index contributed by atoms with van der Waals surface area (Å²) in [7, 11) is 1.58. The molecule has 116 valence electrons. The third kappa shape index (κ3) is 4.11. The van der Waals surface area contributed by atoms with E-state index in [1.54, 1.807) is 7.11 Å². The highest BCUT2D eigenvalue weighted by Crippen LogP contribution is 2.30. The van der Waals surface area contributed by atoms with Crippen molar-refractivity contribution in [2.75, 3.05) is 23.5 Å². The van der Waals surface area contributed by atoms with Gasteiger partial charge in [0.1, 0.15) is 5.75 Å². The first-order valence-electron chi connectivity index (χ1n) is 6.90. The molecule has 8 heteroatoms. The highest BCUT2D eigenvalue weighted by molar-refractivity contribution is 8.01. The molecule has 0 spiro atoms. The molecule has 1 amide bonds. The van der Waals surface area contributed by atoms with E-state index in [-0.39, 0.29) is 11.7 Å². The summed E-state index contributed by atoms with van der Waals surface area (Å²) in [6, 6.07) is 7.89. The number of nitrogens with one attached hydrogen (secondary N) is 2. The zero-order valence-corrected chi connectivity index (χ0v) is 13.7. The van der Waals surface area contributed by atoms with Gasteiger partial charge in [0.25, 0.3) is 0 Å². The van der Waals surface area contributed by atoms with E-state index in [0.717, 1.165) is 9.47 Å². The third-order valence-corrected chi connectivity index (χ3v) is 5.01. The van der Waals surface area contributed by atoms with Crippen LogP contribution in [0.15, 0.2) is 28.6 Å². The van der Waals surface area contributed by atoms with Crippen molar-refractivity contribution in [3.63, 3.8) is 0 Å². The average molecular weight is 336 g/mol. The SMILES string of the molecule is COc1ccccc1NC(=O)CSc1nnc(NC2CC2)s1. The predicted octanol–water partition coefficient (Wildman–Crippen LogP) is 2.85. The average Bonchev–Trinajstić information content (AvgIpc) is 3.22. The second-order valence-corrected chi connectivity index (χ2v) is 7.03. The molecule has 2 N–H and O–H groups in total. The molecule has 2 aromatic rings. The number of rotatable bonds is 7. The van der Waals surface area contributed by atoms with Gasteiger partial charge in [0.2, 0.25) is 11.0 Å². The van der Waals surface area contributed by atoms with Gasteiger partial charge in [-0.3, -0.25) is 4.79 Å². The van der Waals surface area contributed by atoms with E-state index in [1.807, 2.05) is 24.3 Å². The standard InChI is InChI=1S/C14H16N4O2S2/c1-20-11-5-3-2-4-10(11)16-12(19)8-21-14-18-17-13(22-14)15-9-6-7-9/h2-5,9H,6-8H2,1H3,(H,15,17)(H,16,19). The maximum Gasteiger partial charge on any atom is 0.234 e. The van der Waals surface area contributed by atoms with Gasteiger partial charge in [0, 0.05) is 6.04 Å². The summed E-state index contributed by atoms with van der Waals surface area (Å²) in [5.74, 6) is 0.838. The van der Waals surface area contributed by atoms with Crippen LogP contribution in [0.5, 0.6) is 5.75 Å². The number of nitrogens with zero attached hydrogens (tertiary/aromatic N) is 2. The van der Waals surface area contributed by atoms with Crippen LogP contribution in [0.2, 0.25) is 0 Å². The number of hydrogen-bond donors (Lipinski definition) is 2. The first-order valence-corrected chi connectivity index (χ1v) is 8.70. The second-order valence-electron chi connectivity index (χ2n) is 4.83. The van der Waals surface area contributed by atoms with Crippen LogP contribution in [0, 0.1) is 0 Å². The van der Waals surface area contributed by atoms with Gasteiger partial charge in [-0.2, -0.15) is 0 Å². The summed E-state index contributed by atoms with van der Waals surface area (Å²) < 4.78 is 6.00. The Kier molecular flexibility index (Phi) is 4.79. The highest BCUT2D eigenvalue weighted by atomic mass is 32.2. The largest absolute Gasteiger partial charge is 0.495 e. The summed E-state index contributed by atoms with van der Waals surface area (Å²) in [5, 5.41) is 15.1. The van der Waals surface area contributed by atoms with E-state index in [4.69, 9.17) is 4.74 Å². The van der Waals surface area contributed by atoms with Gasteiger partial charge in [-0.25, -0.2) is 0 Å². The van der Waals surface area contributed by atoms with Crippen molar-refractivity contribution in [2.45, 2.75) is 23.2 Å². The molecule has 6 nitrogen and oxygen atoms in total. The maximum absolute atomic E-state index is 12.0. The lowest BCUT2D eigenvalue weighted by molar-refractivity contribution is -0.113. The van der Waals surface area contributed by atoms with Crippen LogP contribution < -0.4 is 15.4 Å². The molecular weight excluding hydrogens is 320 g/mol. The summed E-state index contributed by atoms with van der Waals surface area (Å²) in [6.07, 6.45) is 2.40. The Bertz CT molecular complexity index is 658. The number of thioether (sulfide) groups is 1. The van der Waals surface area contributed by atoms with E-state index in [0.29, 0.717) is 17.5 Å². The van der Waals surface area contributed by atoms with Crippen molar-refractivity contribution >= 4 is 39.8 Å². The molecule has 1 heterocycles. The van der Waals surface area contributed by atoms with Gasteiger partial charge in [-0.05, 0) is 25.0 Å². The fraction of sp³-hybridized carbons (Fsp3) is 0.357. The van der Waals surface area contributed by atoms with E-state index >= 15 is 0 Å². The lowest BCUT2D eigenvalue weighted by atomic mass is 10.3. The second kappa shape index (κ2) is 6.97. The number of benzene rings is 1. The topological polar surface area (TPSA) is 76.1 Å². The van der Waals surface area contributed by atoms with Gasteiger partial charge >= 0.3 is 0 Å². The fourth-order valence-corrected chi connectivity index (χ4v) is 3.42. The number of amides is 1. The molecule has 0 atom stereocenters. The van der Waals surface area contributed by atoms with Crippen molar-refractivity contribution in [1.29, 1.82) is 0 Å². The Labute approximate surface area is 136 Å². The van der Waals surface area contributed by atoms with Gasteiger partial charge < -0.3 is 15.4 Å². The van der Waals surface area contributed by atoms with Gasteiger partial charge in [-0.1, -0.05) is 35.2 Å². The lowest BCUT2D eigenvalue weighted by Gasteiger charge is -2.08. The quantitative estimate of drug-likeness (QED) is 0.757. The number of carbonyl (C=O) groups excluding carboxylic acids is 1. The first kappa shape index (κ1) is 15.1. The van der Waals surface area contributed by atoms with Crippen LogP contribution >= 0.6 is 23.1 Å². The van der Waals surface area contributed by atoms with Crippen molar-refractivity contribution in [1.82, 2.24) is 10.2 Å². The molecule has 22 heavy (non-hydrogen) atoms. The number of para-hydroxylation sites is 2. The lowest BCUT2D eigenvalue weighted by Crippen LogP contribution is -2.14. The molecule has 0 aliphatic heterocycles. The van der Waals surface area contributed by atoms with Crippen LogP contribution in [0.1, 0.15) is 12.8 Å². The van der Waals surface area contributed by atoms with Crippen molar-refractivity contribution in [3.05, 3.63) is 24.3 Å². The Morgan fingerprint density at radius 3 is 3.00 bits per heavy atom. The predicted molar refractivity (Wildman–Crippen MR) is 88.9 cm³/mol. The molecule has 1 aliphatic rings. The molecule has 1 saturated carbocycles. The van der Waals surface area contributed by atoms with Crippen LogP contribution in [0.4, 0.5) is 10.8 Å². The Hall–Kier alpha value is -1.80. The summed E-state index contributed by atoms with van der Waals surface area (Å²) in [5.41, 5.74) is 0.670. The first-order chi connectivity index (χ1) is 10.7. The van der Waals surface area contributed by atoms with Gasteiger partial charge in [-0.15, -0.1) is 10.2 Å². The Morgan fingerprint density at radius 1 is 1.41 bits per heavy atom. The monoisotopic (exact) mass is 336 g/mol. The van der Waals surface area contributed by atoms with E-state index in [9.17, 15) is 4.79 Å². The Balaban J connectivity index is 1.50. The van der Waals surface area contributed by atoms with Crippen LogP contribution in [-0.2, 0) is 4.79 Å². The number of aromatic nitrogens is 2. The summed E-state index contributed by atoms with van der Waals surface area (Å²) in [4.78, 5) is 12.0. The summed E-state index contributed by atoms with van der Waals surface area (Å²) in [6.45, 7) is 0. The zero-order chi connectivity index (χ0) is 15.4. The van der Waals surface area contributed by atoms with E-state index in [2.05, 4.69) is 20.8 Å². The van der Waals surface area contributed by atoms with Crippen molar-refractivity contribution in [3.8, 4) is 5.75 Å². The molecule has 1 fully saturated rings. The molecule has 0 radical (unpaired) electrons. The van der Waals surface area contributed by atoms with Gasteiger partial charge in [0.05, 0.1) is 18.6 Å². The van der Waals surface area contributed by atoms with Crippen molar-refractivity contribution < 1.29 is 9.53 Å². The van der Waals surface area contributed by atoms with Crippen LogP contribution in [0.25, 0.3) is 0 Å². The number of hydrogen-bond acceptors (Lipinski definition) is 7. The molecule has 1 aromatic carbocycles. The van der Waals surface area contributed by atoms with Crippen LogP contribution in [-0.4, -0.2) is 35.0 Å². The minimum atomic E-state index is -0.0959. The van der Waals surface area contributed by atoms with Gasteiger partial charge in [0.15, 0.2) is 4.34 Å². The Morgan fingerprint density at radius 2 is 2.23 bits per heavy atom. The fourth-order valence-electron chi connectivity index (χ4n) is 1.79. The maximum atomic E-state index is 12.0. The number of carbonyl (C=O) groups is 1. The molecule has 1 aromatic heterocycles. The minimum Gasteiger partial charge on any atom is -0.495 e. The molecule has 0 unspecified atom stereocenters. The number of anilines is 2. The highest BCUT2D eigenvalue weighted by Gasteiger charge is 2.22. The molecule has 3 rings (SSSR count). The molecule has 1 aliphatic carbocycles. The number of methoxy groups -OCH3 is 1.